The molecule has 2 nitrogen and oxygen atoms in total. The summed E-state index contributed by atoms with van der Waals surface area (Å²) in [6.45, 7) is 3.29. The first-order valence-electron chi connectivity index (χ1n) is 6.09. The lowest BCUT2D eigenvalue weighted by atomic mass is 10.0. The lowest BCUT2D eigenvalue weighted by molar-refractivity contribution is -0.145. The van der Waals surface area contributed by atoms with Crippen molar-refractivity contribution < 1.29 is 9.53 Å². The molecule has 0 saturated heterocycles. The highest BCUT2D eigenvalue weighted by Gasteiger charge is 2.08. The van der Waals surface area contributed by atoms with Gasteiger partial charge in [0.05, 0.1) is 0 Å². The Kier molecular flexibility index (Phi) is 4.38. The molecule has 3 heteroatoms. The van der Waals surface area contributed by atoms with Gasteiger partial charge in [0.2, 0.25) is 0 Å². The van der Waals surface area contributed by atoms with Gasteiger partial charge in [-0.05, 0) is 35.7 Å². The maximum absolute atomic E-state index is 10.9. The highest BCUT2D eigenvalue weighted by molar-refractivity contribution is 9.10. The van der Waals surface area contributed by atoms with Gasteiger partial charge in [-0.3, -0.25) is 4.79 Å². The van der Waals surface area contributed by atoms with Gasteiger partial charge in [0.15, 0.2) is 0 Å². The van der Waals surface area contributed by atoms with Crippen molar-refractivity contribution >= 4 is 21.9 Å². The zero-order valence-corrected chi connectivity index (χ0v) is 12.5. The molecule has 1 unspecified atom stereocenters. The van der Waals surface area contributed by atoms with Gasteiger partial charge in [-0.2, -0.15) is 0 Å². The van der Waals surface area contributed by atoms with Gasteiger partial charge >= 0.3 is 5.97 Å². The molecule has 0 fully saturated rings. The van der Waals surface area contributed by atoms with Gasteiger partial charge in [-0.1, -0.05) is 52.3 Å². The number of ether oxygens (including phenoxy) is 1. The van der Waals surface area contributed by atoms with Crippen molar-refractivity contribution in [2.24, 2.45) is 0 Å². The van der Waals surface area contributed by atoms with Crippen LogP contribution in [0.3, 0.4) is 0 Å². The van der Waals surface area contributed by atoms with Crippen molar-refractivity contribution in [3.63, 3.8) is 0 Å². The molecule has 1 atom stereocenters. The van der Waals surface area contributed by atoms with Crippen LogP contribution in [0.5, 0.6) is 0 Å². The predicted octanol–water partition coefficient (Wildman–Crippen LogP) is 4.74. The minimum atomic E-state index is -0.260. The number of hydrogen-bond donors (Lipinski definition) is 0. The van der Waals surface area contributed by atoms with Crippen LogP contribution in [-0.2, 0) is 9.53 Å². The Morgan fingerprint density at radius 3 is 1.95 bits per heavy atom. The van der Waals surface area contributed by atoms with Crippen LogP contribution in [0, 0.1) is 0 Å². The first-order valence-corrected chi connectivity index (χ1v) is 6.88. The zero-order chi connectivity index (χ0) is 13.8. The Morgan fingerprint density at radius 1 is 1.00 bits per heavy atom. The molecule has 0 aromatic heterocycles. The van der Waals surface area contributed by atoms with Crippen LogP contribution in [0.15, 0.2) is 53.0 Å². The minimum absolute atomic E-state index is 0.212. The molecule has 2 aromatic rings. The molecule has 2 aromatic carbocycles. The van der Waals surface area contributed by atoms with Crippen molar-refractivity contribution in [1.29, 1.82) is 0 Å². The van der Waals surface area contributed by atoms with Gasteiger partial charge in [-0.15, -0.1) is 0 Å². The molecule has 2 rings (SSSR count). The highest BCUT2D eigenvalue weighted by Crippen LogP contribution is 2.24. The summed E-state index contributed by atoms with van der Waals surface area (Å²) in [5.74, 6) is -0.260. The summed E-state index contributed by atoms with van der Waals surface area (Å²) in [6, 6.07) is 16.2. The number of esters is 1. The van der Waals surface area contributed by atoms with Gasteiger partial charge in [-0.25, -0.2) is 0 Å². The molecule has 0 N–H and O–H groups in total. The molecule has 0 radical (unpaired) electrons. The lowest BCUT2D eigenvalue weighted by Gasteiger charge is -2.12. The average molecular weight is 319 g/mol. The third kappa shape index (κ3) is 3.67. The van der Waals surface area contributed by atoms with Crippen molar-refractivity contribution in [3.05, 3.63) is 58.6 Å². The van der Waals surface area contributed by atoms with Crippen LogP contribution in [0.25, 0.3) is 11.1 Å². The fourth-order valence-corrected chi connectivity index (χ4v) is 2.17. The first-order chi connectivity index (χ1) is 9.06. The average Bonchev–Trinajstić information content (AvgIpc) is 2.39. The zero-order valence-electron chi connectivity index (χ0n) is 10.9. The third-order valence-electron chi connectivity index (χ3n) is 2.90. The highest BCUT2D eigenvalue weighted by atomic mass is 79.9. The molecule has 0 spiro atoms. The van der Waals surface area contributed by atoms with Crippen molar-refractivity contribution in [3.8, 4) is 11.1 Å². The minimum Gasteiger partial charge on any atom is -0.458 e. The normalized spacial score (nSPS) is 11.9. The van der Waals surface area contributed by atoms with Crippen LogP contribution in [-0.4, -0.2) is 5.97 Å². The van der Waals surface area contributed by atoms with Gasteiger partial charge in [0.25, 0.3) is 0 Å². The monoisotopic (exact) mass is 318 g/mol. The summed E-state index contributed by atoms with van der Waals surface area (Å²) in [6.07, 6.45) is -0.212. The van der Waals surface area contributed by atoms with Crippen LogP contribution in [0.4, 0.5) is 0 Å². The number of carbonyl (C=O) groups is 1. The molecule has 98 valence electrons. The smallest absolute Gasteiger partial charge is 0.303 e. The molecular weight excluding hydrogens is 304 g/mol. The van der Waals surface area contributed by atoms with E-state index >= 15 is 0 Å². The Morgan fingerprint density at radius 2 is 1.47 bits per heavy atom. The van der Waals surface area contributed by atoms with E-state index in [0.29, 0.717) is 0 Å². The molecule has 0 saturated carbocycles. The van der Waals surface area contributed by atoms with E-state index in [1.165, 1.54) is 6.92 Å². The Labute approximate surface area is 121 Å². The molecule has 19 heavy (non-hydrogen) atoms. The fraction of sp³-hybridized carbons (Fsp3) is 0.188. The van der Waals surface area contributed by atoms with Crippen LogP contribution in [0.2, 0.25) is 0 Å². The quantitative estimate of drug-likeness (QED) is 0.764. The Balaban J connectivity index is 2.18. The third-order valence-corrected chi connectivity index (χ3v) is 3.43. The number of halogens is 1. The molecular formula is C16H15BrO2. The summed E-state index contributed by atoms with van der Waals surface area (Å²) in [4.78, 5) is 10.9. The van der Waals surface area contributed by atoms with E-state index < -0.39 is 0 Å². The molecule has 0 heterocycles. The van der Waals surface area contributed by atoms with Crippen molar-refractivity contribution in [2.45, 2.75) is 20.0 Å². The van der Waals surface area contributed by atoms with Crippen LogP contribution in [0.1, 0.15) is 25.5 Å². The summed E-state index contributed by atoms with van der Waals surface area (Å²) < 4.78 is 6.22. The summed E-state index contributed by atoms with van der Waals surface area (Å²) >= 11 is 3.42. The second-order valence-corrected chi connectivity index (χ2v) is 5.30. The number of benzene rings is 2. The van der Waals surface area contributed by atoms with E-state index in [-0.39, 0.29) is 12.1 Å². The number of carbonyl (C=O) groups excluding carboxylic acids is 1. The van der Waals surface area contributed by atoms with Gasteiger partial charge < -0.3 is 4.74 Å². The van der Waals surface area contributed by atoms with Gasteiger partial charge in [0.1, 0.15) is 6.10 Å². The standard InChI is InChI=1S/C16H15BrO2/c1-11(19-12(2)18)13-3-5-14(6-4-13)15-7-9-16(17)10-8-15/h3-11H,1-2H3. The van der Waals surface area contributed by atoms with E-state index in [0.717, 1.165) is 21.2 Å². The Hall–Kier alpha value is -1.61. The van der Waals surface area contributed by atoms with Crippen molar-refractivity contribution in [1.82, 2.24) is 0 Å². The number of hydrogen-bond acceptors (Lipinski definition) is 2. The lowest BCUT2D eigenvalue weighted by Crippen LogP contribution is -2.04. The molecule has 0 aliphatic rings. The second kappa shape index (κ2) is 6.02. The summed E-state index contributed by atoms with van der Waals surface area (Å²) in [5, 5.41) is 0. The van der Waals surface area contributed by atoms with E-state index in [1.54, 1.807) is 0 Å². The van der Waals surface area contributed by atoms with E-state index in [9.17, 15) is 4.79 Å². The molecule has 0 aliphatic heterocycles. The maximum atomic E-state index is 10.9. The van der Waals surface area contributed by atoms with E-state index in [2.05, 4.69) is 28.1 Å². The number of rotatable bonds is 3. The maximum Gasteiger partial charge on any atom is 0.303 e. The first kappa shape index (κ1) is 13.8. The Bertz CT molecular complexity index is 558. The van der Waals surface area contributed by atoms with Crippen LogP contribution < -0.4 is 0 Å². The summed E-state index contributed by atoms with van der Waals surface area (Å²) in [5.41, 5.74) is 3.30. The van der Waals surface area contributed by atoms with Gasteiger partial charge in [0, 0.05) is 11.4 Å². The molecule has 0 bridgehead atoms. The fourth-order valence-electron chi connectivity index (χ4n) is 1.91. The second-order valence-electron chi connectivity index (χ2n) is 4.38. The molecule has 0 aliphatic carbocycles. The SMILES string of the molecule is CC(=O)OC(C)c1ccc(-c2ccc(Br)cc2)cc1. The largest absolute Gasteiger partial charge is 0.458 e. The van der Waals surface area contributed by atoms with Crippen molar-refractivity contribution in [2.75, 3.05) is 0 Å². The van der Waals surface area contributed by atoms with E-state index in [4.69, 9.17) is 4.74 Å². The van der Waals surface area contributed by atoms with E-state index in [1.807, 2.05) is 43.3 Å². The van der Waals surface area contributed by atoms with Crippen LogP contribution >= 0.6 is 15.9 Å². The molecule has 0 amide bonds. The summed E-state index contributed by atoms with van der Waals surface area (Å²) in [7, 11) is 0. The topological polar surface area (TPSA) is 26.3 Å². The predicted molar refractivity (Wildman–Crippen MR) is 79.8 cm³/mol.